The SMILES string of the molecule is O=C(CCn1[nH]c(=O)c2ccccc2c1=O)Nc1ccc2c(c1)Cc1ccccc1-2. The Morgan fingerprint density at radius 3 is 2.50 bits per heavy atom. The number of aromatic amines is 1. The molecule has 0 radical (unpaired) electrons. The fraction of sp³-hybridized carbons (Fsp3) is 0.125. The first-order valence-corrected chi connectivity index (χ1v) is 9.83. The van der Waals surface area contributed by atoms with Crippen LogP contribution in [-0.2, 0) is 17.8 Å². The predicted octanol–water partition coefficient (Wildman–Crippen LogP) is 3.29. The van der Waals surface area contributed by atoms with Gasteiger partial charge >= 0.3 is 0 Å². The quantitative estimate of drug-likeness (QED) is 0.488. The van der Waals surface area contributed by atoms with E-state index in [-0.39, 0.29) is 30.0 Å². The summed E-state index contributed by atoms with van der Waals surface area (Å²) in [7, 11) is 0. The van der Waals surface area contributed by atoms with Crippen LogP contribution in [0.2, 0.25) is 0 Å². The molecule has 6 nitrogen and oxygen atoms in total. The molecule has 0 saturated carbocycles. The average molecular weight is 397 g/mol. The Morgan fingerprint density at radius 2 is 1.63 bits per heavy atom. The molecule has 6 heteroatoms. The molecule has 0 saturated heterocycles. The summed E-state index contributed by atoms with van der Waals surface area (Å²) in [5, 5.41) is 6.14. The number of fused-ring (bicyclic) bond motifs is 4. The van der Waals surface area contributed by atoms with E-state index in [9.17, 15) is 14.4 Å². The number of aryl methyl sites for hydroxylation is 1. The number of carbonyl (C=O) groups is 1. The fourth-order valence-corrected chi connectivity index (χ4v) is 4.06. The minimum atomic E-state index is -0.344. The number of hydrogen-bond acceptors (Lipinski definition) is 3. The Kier molecular flexibility index (Phi) is 4.32. The zero-order valence-corrected chi connectivity index (χ0v) is 16.1. The molecule has 1 amide bonds. The summed E-state index contributed by atoms with van der Waals surface area (Å²) < 4.78 is 1.20. The van der Waals surface area contributed by atoms with Gasteiger partial charge in [0.15, 0.2) is 0 Å². The molecule has 4 aromatic rings. The van der Waals surface area contributed by atoms with E-state index in [1.807, 2.05) is 30.3 Å². The van der Waals surface area contributed by atoms with Crippen LogP contribution in [0.15, 0.2) is 76.3 Å². The maximum atomic E-state index is 12.5. The molecule has 5 rings (SSSR count). The van der Waals surface area contributed by atoms with Gasteiger partial charge in [-0.3, -0.25) is 19.5 Å². The topological polar surface area (TPSA) is 84.0 Å². The zero-order chi connectivity index (χ0) is 20.7. The van der Waals surface area contributed by atoms with Crippen LogP contribution in [-0.4, -0.2) is 15.7 Å². The number of rotatable bonds is 4. The minimum Gasteiger partial charge on any atom is -0.326 e. The molecule has 1 aromatic heterocycles. The summed E-state index contributed by atoms with van der Waals surface area (Å²) in [4.78, 5) is 37.2. The van der Waals surface area contributed by atoms with Crippen LogP contribution in [0.1, 0.15) is 17.5 Å². The van der Waals surface area contributed by atoms with Crippen LogP contribution in [0, 0.1) is 0 Å². The van der Waals surface area contributed by atoms with E-state index in [4.69, 9.17) is 0 Å². The van der Waals surface area contributed by atoms with Gasteiger partial charge in [0.2, 0.25) is 5.91 Å². The summed E-state index contributed by atoms with van der Waals surface area (Å²) in [5.41, 5.74) is 4.98. The Labute approximate surface area is 171 Å². The molecule has 1 aliphatic rings. The van der Waals surface area contributed by atoms with Gasteiger partial charge in [-0.25, -0.2) is 4.68 Å². The summed E-state index contributed by atoms with van der Waals surface area (Å²) >= 11 is 0. The molecule has 0 fully saturated rings. The first-order valence-electron chi connectivity index (χ1n) is 9.83. The van der Waals surface area contributed by atoms with Crippen molar-refractivity contribution in [2.24, 2.45) is 0 Å². The third-order valence-electron chi connectivity index (χ3n) is 5.52. The first kappa shape index (κ1) is 18.1. The number of nitrogens with zero attached hydrogens (tertiary/aromatic N) is 1. The Bertz CT molecular complexity index is 1420. The lowest BCUT2D eigenvalue weighted by Gasteiger charge is -2.09. The molecule has 0 aliphatic heterocycles. The van der Waals surface area contributed by atoms with Crippen LogP contribution in [0.25, 0.3) is 21.9 Å². The van der Waals surface area contributed by atoms with Crippen LogP contribution < -0.4 is 16.4 Å². The molecular weight excluding hydrogens is 378 g/mol. The highest BCUT2D eigenvalue weighted by atomic mass is 16.2. The van der Waals surface area contributed by atoms with E-state index in [0.717, 1.165) is 12.1 Å². The smallest absolute Gasteiger partial charge is 0.273 e. The normalized spacial score (nSPS) is 11.9. The van der Waals surface area contributed by atoms with Gasteiger partial charge < -0.3 is 5.32 Å². The maximum Gasteiger partial charge on any atom is 0.273 e. The predicted molar refractivity (Wildman–Crippen MR) is 117 cm³/mol. The van der Waals surface area contributed by atoms with Crippen molar-refractivity contribution >= 4 is 22.4 Å². The van der Waals surface area contributed by atoms with Crippen LogP contribution >= 0.6 is 0 Å². The summed E-state index contributed by atoms with van der Waals surface area (Å²) in [6, 6.07) is 20.9. The van der Waals surface area contributed by atoms with E-state index in [1.54, 1.807) is 24.3 Å². The molecule has 148 valence electrons. The van der Waals surface area contributed by atoms with Crippen molar-refractivity contribution < 1.29 is 4.79 Å². The Hall–Kier alpha value is -3.93. The molecule has 0 atom stereocenters. The van der Waals surface area contributed by atoms with Crippen molar-refractivity contribution in [1.29, 1.82) is 0 Å². The largest absolute Gasteiger partial charge is 0.326 e. The lowest BCUT2D eigenvalue weighted by molar-refractivity contribution is -0.116. The molecule has 2 N–H and O–H groups in total. The van der Waals surface area contributed by atoms with Crippen LogP contribution in [0.3, 0.4) is 0 Å². The highest BCUT2D eigenvalue weighted by molar-refractivity contribution is 5.91. The van der Waals surface area contributed by atoms with Gasteiger partial charge in [0.05, 0.1) is 17.3 Å². The molecule has 0 spiro atoms. The number of nitrogens with one attached hydrogen (secondary N) is 2. The number of H-pyrrole nitrogens is 1. The van der Waals surface area contributed by atoms with Gasteiger partial charge in [-0.15, -0.1) is 0 Å². The van der Waals surface area contributed by atoms with E-state index in [2.05, 4.69) is 22.5 Å². The molecule has 1 heterocycles. The molecule has 30 heavy (non-hydrogen) atoms. The van der Waals surface area contributed by atoms with E-state index in [0.29, 0.717) is 10.8 Å². The van der Waals surface area contributed by atoms with E-state index >= 15 is 0 Å². The zero-order valence-electron chi connectivity index (χ0n) is 16.1. The second-order valence-electron chi connectivity index (χ2n) is 7.45. The number of hydrogen-bond donors (Lipinski definition) is 2. The molecule has 0 unspecified atom stereocenters. The molecule has 0 bridgehead atoms. The second kappa shape index (κ2) is 7.15. The number of carbonyl (C=O) groups excluding carboxylic acids is 1. The summed E-state index contributed by atoms with van der Waals surface area (Å²) in [5.74, 6) is -0.216. The van der Waals surface area contributed by atoms with Gasteiger partial charge in [0, 0.05) is 12.1 Å². The van der Waals surface area contributed by atoms with E-state index < -0.39 is 0 Å². The number of aromatic nitrogens is 2. The van der Waals surface area contributed by atoms with Crippen molar-refractivity contribution in [1.82, 2.24) is 9.78 Å². The highest BCUT2D eigenvalue weighted by Gasteiger charge is 2.18. The Morgan fingerprint density at radius 1 is 0.900 bits per heavy atom. The lowest BCUT2D eigenvalue weighted by Crippen LogP contribution is -2.31. The van der Waals surface area contributed by atoms with Crippen molar-refractivity contribution in [3.63, 3.8) is 0 Å². The van der Waals surface area contributed by atoms with Crippen molar-refractivity contribution in [2.45, 2.75) is 19.4 Å². The van der Waals surface area contributed by atoms with Crippen LogP contribution in [0.5, 0.6) is 0 Å². The van der Waals surface area contributed by atoms with Crippen molar-refractivity contribution in [2.75, 3.05) is 5.32 Å². The standard InChI is InChI=1S/C24H19N3O3/c28-22(11-12-27-24(30)21-8-4-3-7-20(21)23(29)26-27)25-17-9-10-19-16(14-17)13-15-5-1-2-6-18(15)19/h1-10,14H,11-13H2,(H,25,28)(H,26,29). The van der Waals surface area contributed by atoms with Crippen LogP contribution in [0.4, 0.5) is 5.69 Å². The monoisotopic (exact) mass is 397 g/mol. The lowest BCUT2D eigenvalue weighted by atomic mass is 10.1. The molecular formula is C24H19N3O3. The summed E-state index contributed by atoms with van der Waals surface area (Å²) in [6.45, 7) is 0.0983. The van der Waals surface area contributed by atoms with Gasteiger partial charge in [-0.2, -0.15) is 0 Å². The van der Waals surface area contributed by atoms with Gasteiger partial charge in [-0.05, 0) is 52.9 Å². The summed E-state index contributed by atoms with van der Waals surface area (Å²) in [6.07, 6.45) is 0.925. The average Bonchev–Trinajstić information content (AvgIpc) is 3.13. The van der Waals surface area contributed by atoms with Gasteiger partial charge in [0.25, 0.3) is 11.1 Å². The van der Waals surface area contributed by atoms with Crippen molar-refractivity contribution in [3.8, 4) is 11.1 Å². The van der Waals surface area contributed by atoms with Crippen molar-refractivity contribution in [3.05, 3.63) is 98.6 Å². The van der Waals surface area contributed by atoms with E-state index in [1.165, 1.54) is 26.9 Å². The number of amides is 1. The fourth-order valence-electron chi connectivity index (χ4n) is 4.06. The number of anilines is 1. The third-order valence-corrected chi connectivity index (χ3v) is 5.52. The number of benzene rings is 3. The molecule has 3 aromatic carbocycles. The highest BCUT2D eigenvalue weighted by Crippen LogP contribution is 2.37. The second-order valence-corrected chi connectivity index (χ2v) is 7.45. The maximum absolute atomic E-state index is 12.5. The Balaban J connectivity index is 1.30. The third kappa shape index (κ3) is 3.12. The minimum absolute atomic E-state index is 0.0749. The molecule has 1 aliphatic carbocycles. The van der Waals surface area contributed by atoms with Gasteiger partial charge in [-0.1, -0.05) is 42.5 Å². The van der Waals surface area contributed by atoms with Gasteiger partial charge in [0.1, 0.15) is 0 Å². The first-order chi connectivity index (χ1) is 14.6.